The number of furan rings is 2. The summed E-state index contributed by atoms with van der Waals surface area (Å²) >= 11 is 0. The van der Waals surface area contributed by atoms with Crippen LogP contribution in [-0.2, 0) is 24.1 Å². The average molecular weight is 375 g/mol. The van der Waals surface area contributed by atoms with Crippen LogP contribution in [0.15, 0.2) is 76.0 Å². The van der Waals surface area contributed by atoms with Gasteiger partial charge in [-0.25, -0.2) is 0 Å². The van der Waals surface area contributed by atoms with Crippen molar-refractivity contribution in [2.45, 2.75) is 19.3 Å². The van der Waals surface area contributed by atoms with Crippen molar-refractivity contribution in [3.63, 3.8) is 0 Å². The SMILES string of the molecule is O=C(/C=C/c1ccc(C(F)(F)F)cc1)N(Cc1ccco1)Cc1ccco1. The van der Waals surface area contributed by atoms with E-state index in [1.165, 1.54) is 41.7 Å². The highest BCUT2D eigenvalue weighted by atomic mass is 19.4. The largest absolute Gasteiger partial charge is 0.467 e. The third kappa shape index (κ3) is 5.13. The van der Waals surface area contributed by atoms with Crippen molar-refractivity contribution in [3.05, 3.63) is 89.8 Å². The molecule has 3 aromatic rings. The monoisotopic (exact) mass is 375 g/mol. The van der Waals surface area contributed by atoms with Crippen LogP contribution in [0.25, 0.3) is 6.08 Å². The molecule has 0 spiro atoms. The van der Waals surface area contributed by atoms with Crippen molar-refractivity contribution < 1.29 is 26.8 Å². The summed E-state index contributed by atoms with van der Waals surface area (Å²) in [7, 11) is 0. The number of carbonyl (C=O) groups is 1. The fourth-order valence-electron chi connectivity index (χ4n) is 2.45. The maximum absolute atomic E-state index is 12.6. The molecule has 0 bridgehead atoms. The number of benzene rings is 1. The Kier molecular flexibility index (Phi) is 5.49. The van der Waals surface area contributed by atoms with Gasteiger partial charge in [-0.15, -0.1) is 0 Å². The van der Waals surface area contributed by atoms with Crippen LogP contribution >= 0.6 is 0 Å². The summed E-state index contributed by atoms with van der Waals surface area (Å²) in [5, 5.41) is 0. The summed E-state index contributed by atoms with van der Waals surface area (Å²) in [5.74, 6) is 0.901. The van der Waals surface area contributed by atoms with Crippen LogP contribution in [0.5, 0.6) is 0 Å². The number of rotatable bonds is 6. The van der Waals surface area contributed by atoms with Crippen molar-refractivity contribution >= 4 is 12.0 Å². The first-order chi connectivity index (χ1) is 12.9. The molecule has 2 aromatic heterocycles. The van der Waals surface area contributed by atoms with E-state index in [1.807, 2.05) is 0 Å². The Hall–Kier alpha value is -3.22. The van der Waals surface area contributed by atoms with Gasteiger partial charge < -0.3 is 13.7 Å². The molecule has 7 heteroatoms. The van der Waals surface area contributed by atoms with Crippen LogP contribution in [0.4, 0.5) is 13.2 Å². The molecule has 27 heavy (non-hydrogen) atoms. The Morgan fingerprint density at radius 2 is 1.48 bits per heavy atom. The summed E-state index contributed by atoms with van der Waals surface area (Å²) in [6, 6.07) is 11.5. The van der Waals surface area contributed by atoms with Crippen LogP contribution in [-0.4, -0.2) is 10.8 Å². The van der Waals surface area contributed by atoms with Gasteiger partial charge in [0.05, 0.1) is 31.2 Å². The predicted octanol–water partition coefficient (Wildman–Crippen LogP) is 5.13. The lowest BCUT2D eigenvalue weighted by atomic mass is 10.1. The van der Waals surface area contributed by atoms with E-state index in [0.29, 0.717) is 17.1 Å². The maximum atomic E-state index is 12.6. The lowest BCUT2D eigenvalue weighted by Crippen LogP contribution is -2.28. The number of halogens is 3. The third-order valence-electron chi connectivity index (χ3n) is 3.82. The van der Waals surface area contributed by atoms with Gasteiger partial charge in [0.25, 0.3) is 0 Å². The molecule has 0 saturated heterocycles. The van der Waals surface area contributed by atoms with E-state index in [4.69, 9.17) is 8.83 Å². The molecule has 0 aliphatic carbocycles. The van der Waals surface area contributed by atoms with Gasteiger partial charge >= 0.3 is 6.18 Å². The number of hydrogen-bond acceptors (Lipinski definition) is 3. The van der Waals surface area contributed by atoms with E-state index in [-0.39, 0.29) is 19.0 Å². The second-order valence-corrected chi connectivity index (χ2v) is 5.81. The average Bonchev–Trinajstić information content (AvgIpc) is 3.33. The van der Waals surface area contributed by atoms with Crippen molar-refractivity contribution in [1.29, 1.82) is 0 Å². The number of alkyl halides is 3. The zero-order chi connectivity index (χ0) is 19.3. The van der Waals surface area contributed by atoms with E-state index >= 15 is 0 Å². The molecule has 0 N–H and O–H groups in total. The molecule has 0 saturated carbocycles. The van der Waals surface area contributed by atoms with Crippen LogP contribution < -0.4 is 0 Å². The number of carbonyl (C=O) groups excluding carboxylic acids is 1. The molecule has 2 heterocycles. The smallest absolute Gasteiger partial charge is 0.416 e. The molecule has 0 aliphatic heterocycles. The van der Waals surface area contributed by atoms with Crippen LogP contribution in [0.1, 0.15) is 22.6 Å². The first kappa shape index (κ1) is 18.6. The fourth-order valence-corrected chi connectivity index (χ4v) is 2.45. The number of amides is 1. The fraction of sp³-hybridized carbons (Fsp3) is 0.150. The number of nitrogens with zero attached hydrogens (tertiary/aromatic N) is 1. The van der Waals surface area contributed by atoms with Crippen LogP contribution in [0.2, 0.25) is 0 Å². The van der Waals surface area contributed by atoms with Crippen molar-refractivity contribution in [2.75, 3.05) is 0 Å². The Balaban J connectivity index is 1.72. The highest BCUT2D eigenvalue weighted by Crippen LogP contribution is 2.29. The van der Waals surface area contributed by atoms with Gasteiger partial charge in [0.2, 0.25) is 5.91 Å². The summed E-state index contributed by atoms with van der Waals surface area (Å²) < 4.78 is 48.4. The summed E-state index contributed by atoms with van der Waals surface area (Å²) in [6.07, 6.45) is 1.43. The second-order valence-electron chi connectivity index (χ2n) is 5.81. The Morgan fingerprint density at radius 3 is 1.93 bits per heavy atom. The first-order valence-electron chi connectivity index (χ1n) is 8.11. The normalized spacial score (nSPS) is 11.8. The van der Waals surface area contributed by atoms with Gasteiger partial charge in [-0.2, -0.15) is 13.2 Å². The molecule has 1 amide bonds. The Morgan fingerprint density at radius 1 is 0.926 bits per heavy atom. The molecule has 1 aromatic carbocycles. The van der Waals surface area contributed by atoms with E-state index in [0.717, 1.165) is 12.1 Å². The highest BCUT2D eigenvalue weighted by Gasteiger charge is 2.29. The molecular weight excluding hydrogens is 359 g/mol. The van der Waals surface area contributed by atoms with Crippen LogP contribution in [0.3, 0.4) is 0 Å². The highest BCUT2D eigenvalue weighted by molar-refractivity contribution is 5.91. The van der Waals surface area contributed by atoms with Crippen molar-refractivity contribution in [3.8, 4) is 0 Å². The molecule has 140 valence electrons. The molecular formula is C20H16F3NO3. The minimum absolute atomic E-state index is 0.240. The zero-order valence-corrected chi connectivity index (χ0v) is 14.1. The minimum Gasteiger partial charge on any atom is -0.467 e. The van der Waals surface area contributed by atoms with E-state index in [9.17, 15) is 18.0 Å². The van der Waals surface area contributed by atoms with Gasteiger partial charge in [0.1, 0.15) is 11.5 Å². The zero-order valence-electron chi connectivity index (χ0n) is 14.1. The Labute approximate surface area is 153 Å². The molecule has 0 aliphatic rings. The quantitative estimate of drug-likeness (QED) is 0.561. The maximum Gasteiger partial charge on any atom is 0.416 e. The molecule has 0 atom stereocenters. The van der Waals surface area contributed by atoms with E-state index in [2.05, 4.69) is 0 Å². The molecule has 0 radical (unpaired) electrons. The summed E-state index contributed by atoms with van der Waals surface area (Å²) in [6.45, 7) is 0.480. The van der Waals surface area contributed by atoms with Crippen molar-refractivity contribution in [1.82, 2.24) is 4.90 Å². The summed E-state index contributed by atoms with van der Waals surface area (Å²) in [5.41, 5.74) is -0.240. The first-order valence-corrected chi connectivity index (χ1v) is 8.11. The van der Waals surface area contributed by atoms with E-state index < -0.39 is 11.7 Å². The van der Waals surface area contributed by atoms with E-state index in [1.54, 1.807) is 24.3 Å². The minimum atomic E-state index is -4.39. The lowest BCUT2D eigenvalue weighted by molar-refractivity contribution is -0.137. The lowest BCUT2D eigenvalue weighted by Gasteiger charge is -2.18. The van der Waals surface area contributed by atoms with Gasteiger partial charge in [0, 0.05) is 6.08 Å². The summed E-state index contributed by atoms with van der Waals surface area (Å²) in [4.78, 5) is 14.1. The van der Waals surface area contributed by atoms with Gasteiger partial charge in [-0.3, -0.25) is 4.79 Å². The predicted molar refractivity (Wildman–Crippen MR) is 92.1 cm³/mol. The van der Waals surface area contributed by atoms with Gasteiger partial charge in [-0.1, -0.05) is 12.1 Å². The molecule has 3 rings (SSSR count). The Bertz CT molecular complexity index is 843. The second kappa shape index (κ2) is 7.99. The van der Waals surface area contributed by atoms with Gasteiger partial charge in [0.15, 0.2) is 0 Å². The molecule has 0 unspecified atom stereocenters. The molecule has 0 fully saturated rings. The standard InChI is InChI=1S/C20H16F3NO3/c21-20(22,23)16-8-5-15(6-9-16)7-10-19(25)24(13-17-3-1-11-26-17)14-18-4-2-12-27-18/h1-12H,13-14H2/b10-7+. The van der Waals surface area contributed by atoms with Gasteiger partial charge in [-0.05, 0) is 48.0 Å². The topological polar surface area (TPSA) is 46.6 Å². The molecule has 4 nitrogen and oxygen atoms in total. The van der Waals surface area contributed by atoms with Crippen molar-refractivity contribution in [2.24, 2.45) is 0 Å². The third-order valence-corrected chi connectivity index (χ3v) is 3.82. The van der Waals surface area contributed by atoms with Crippen LogP contribution in [0, 0.1) is 0 Å². The number of hydrogen-bond donors (Lipinski definition) is 0.